The average molecular weight is 693 g/mol. The van der Waals surface area contributed by atoms with Gasteiger partial charge in [-0.05, 0) is 74.1 Å². The Hall–Kier alpha value is -1.72. The molecule has 286 valence electrons. The van der Waals surface area contributed by atoms with Crippen molar-refractivity contribution < 1.29 is 9.47 Å². The first kappa shape index (κ1) is 44.4. The molecule has 0 aliphatic carbocycles. The van der Waals surface area contributed by atoms with Gasteiger partial charge in [0.05, 0.1) is 26.4 Å². The Labute approximate surface area is 311 Å². The minimum Gasteiger partial charge on any atom is -0.375 e. The molecule has 0 aromatic heterocycles. The van der Waals surface area contributed by atoms with E-state index in [0.29, 0.717) is 13.2 Å². The monoisotopic (exact) mass is 693 g/mol. The number of hydrogen-bond acceptors (Lipinski definition) is 4. The lowest BCUT2D eigenvalue weighted by Crippen LogP contribution is -2.30. The van der Waals surface area contributed by atoms with Gasteiger partial charge in [-0.25, -0.2) is 0 Å². The predicted octanol–water partition coefficient (Wildman–Crippen LogP) is 12.9. The molecule has 0 atom stereocenters. The van der Waals surface area contributed by atoms with E-state index < -0.39 is 0 Å². The van der Waals surface area contributed by atoms with Crippen LogP contribution in [-0.2, 0) is 22.7 Å². The van der Waals surface area contributed by atoms with Crippen LogP contribution < -0.4 is 0 Å². The van der Waals surface area contributed by atoms with E-state index in [0.717, 1.165) is 26.3 Å². The molecule has 0 saturated carbocycles. The highest BCUT2D eigenvalue weighted by Crippen LogP contribution is 2.28. The van der Waals surface area contributed by atoms with Crippen LogP contribution in [-0.4, -0.2) is 62.3 Å². The lowest BCUT2D eigenvalue weighted by molar-refractivity contribution is 0.0906. The molecule has 0 aliphatic rings. The molecule has 2 rings (SSSR count). The second-order valence-electron chi connectivity index (χ2n) is 14.8. The van der Waals surface area contributed by atoms with Crippen LogP contribution in [0.5, 0.6) is 0 Å². The van der Waals surface area contributed by atoms with E-state index >= 15 is 0 Å². The third-order valence-electron chi connectivity index (χ3n) is 10.3. The van der Waals surface area contributed by atoms with Gasteiger partial charge >= 0.3 is 0 Å². The molecule has 2 aromatic rings. The maximum atomic E-state index is 6.39. The van der Waals surface area contributed by atoms with Crippen molar-refractivity contribution in [2.24, 2.45) is 0 Å². The Morgan fingerprint density at radius 2 is 0.660 bits per heavy atom. The van der Waals surface area contributed by atoms with Crippen molar-refractivity contribution in [2.45, 2.75) is 169 Å². The quantitative estimate of drug-likeness (QED) is 0.0671. The number of benzene rings is 2. The molecule has 0 unspecified atom stereocenters. The topological polar surface area (TPSA) is 24.9 Å². The van der Waals surface area contributed by atoms with Crippen molar-refractivity contribution >= 4 is 0 Å². The number of unbranched alkanes of at least 4 members (excludes halogenated alkanes) is 16. The zero-order valence-corrected chi connectivity index (χ0v) is 33.5. The molecule has 0 saturated heterocycles. The van der Waals surface area contributed by atoms with E-state index in [9.17, 15) is 0 Å². The van der Waals surface area contributed by atoms with Crippen LogP contribution >= 0.6 is 0 Å². The SMILES string of the molecule is CCCCCCCCN(CCCCCC)CCOCc1ccccc1-c1ccccc1COCCN(CCCCCC)CCCCCCCC. The van der Waals surface area contributed by atoms with E-state index in [-0.39, 0.29) is 0 Å². The van der Waals surface area contributed by atoms with Crippen LogP contribution in [0.3, 0.4) is 0 Å². The van der Waals surface area contributed by atoms with Crippen molar-refractivity contribution in [1.29, 1.82) is 0 Å². The lowest BCUT2D eigenvalue weighted by atomic mass is 9.96. The van der Waals surface area contributed by atoms with Gasteiger partial charge < -0.3 is 19.3 Å². The summed E-state index contributed by atoms with van der Waals surface area (Å²) in [7, 11) is 0. The van der Waals surface area contributed by atoms with Gasteiger partial charge in [0.25, 0.3) is 0 Å². The Morgan fingerprint density at radius 1 is 0.360 bits per heavy atom. The van der Waals surface area contributed by atoms with Crippen molar-refractivity contribution in [3.63, 3.8) is 0 Å². The van der Waals surface area contributed by atoms with Crippen molar-refractivity contribution in [3.05, 3.63) is 59.7 Å². The molecule has 0 bridgehead atoms. The summed E-state index contributed by atoms with van der Waals surface area (Å²) in [6.07, 6.45) is 26.9. The number of hydrogen-bond donors (Lipinski definition) is 0. The smallest absolute Gasteiger partial charge is 0.0723 e. The Kier molecular flexibility index (Phi) is 28.4. The van der Waals surface area contributed by atoms with E-state index in [4.69, 9.17) is 9.47 Å². The minimum atomic E-state index is 0.650. The molecule has 0 fully saturated rings. The normalized spacial score (nSPS) is 11.7. The van der Waals surface area contributed by atoms with Crippen LogP contribution in [0.1, 0.15) is 167 Å². The van der Waals surface area contributed by atoms with Crippen LogP contribution in [0, 0.1) is 0 Å². The highest BCUT2D eigenvalue weighted by Gasteiger charge is 2.12. The van der Waals surface area contributed by atoms with E-state index in [2.05, 4.69) is 86.0 Å². The first-order valence-corrected chi connectivity index (χ1v) is 21.5. The van der Waals surface area contributed by atoms with Crippen molar-refractivity contribution in [1.82, 2.24) is 9.80 Å². The summed E-state index contributed by atoms with van der Waals surface area (Å²) in [5, 5.41) is 0. The van der Waals surface area contributed by atoms with Crippen molar-refractivity contribution in [2.75, 3.05) is 52.5 Å². The molecule has 0 heterocycles. The molecule has 0 amide bonds. The molecular formula is C46H80N2O2. The van der Waals surface area contributed by atoms with E-state index in [1.165, 1.54) is 177 Å². The second-order valence-corrected chi connectivity index (χ2v) is 14.8. The summed E-state index contributed by atoms with van der Waals surface area (Å²) in [6.45, 7) is 19.0. The largest absolute Gasteiger partial charge is 0.375 e. The molecule has 0 spiro atoms. The number of rotatable bonds is 35. The molecular weight excluding hydrogens is 613 g/mol. The zero-order valence-electron chi connectivity index (χ0n) is 33.5. The second kappa shape index (κ2) is 32.0. The summed E-state index contributed by atoms with van der Waals surface area (Å²) in [6, 6.07) is 17.6. The lowest BCUT2D eigenvalue weighted by Gasteiger charge is -2.23. The van der Waals surface area contributed by atoms with Crippen LogP contribution in [0.15, 0.2) is 48.5 Å². The zero-order chi connectivity index (χ0) is 35.7. The summed E-state index contributed by atoms with van der Waals surface area (Å²) in [4.78, 5) is 5.32. The van der Waals surface area contributed by atoms with Crippen LogP contribution in [0.25, 0.3) is 11.1 Å². The van der Waals surface area contributed by atoms with Crippen LogP contribution in [0.2, 0.25) is 0 Å². The van der Waals surface area contributed by atoms with Gasteiger partial charge in [0.1, 0.15) is 0 Å². The van der Waals surface area contributed by atoms with Gasteiger partial charge in [-0.3, -0.25) is 0 Å². The minimum absolute atomic E-state index is 0.650. The average Bonchev–Trinajstić information content (AvgIpc) is 3.14. The standard InChI is InChI=1S/C46H80N2O2/c1-5-9-13-17-19-27-35-47(33-25-15-11-7-3)37-39-49-41-43-29-21-23-31-45(43)46-32-24-22-30-44(46)42-50-40-38-48(34-26-16-12-8-4)36-28-20-18-14-10-6-2/h21-24,29-32H,5-20,25-28,33-42H2,1-4H3. The van der Waals surface area contributed by atoms with E-state index in [1.807, 2.05) is 0 Å². The fraction of sp³-hybridized carbons (Fsp3) is 0.739. The molecule has 50 heavy (non-hydrogen) atoms. The summed E-state index contributed by atoms with van der Waals surface area (Å²) < 4.78 is 12.8. The maximum Gasteiger partial charge on any atom is 0.0723 e. The fourth-order valence-electron chi connectivity index (χ4n) is 7.00. The molecule has 4 heteroatoms. The molecule has 2 aromatic carbocycles. The third kappa shape index (κ3) is 21.6. The molecule has 0 N–H and O–H groups in total. The highest BCUT2D eigenvalue weighted by atomic mass is 16.5. The van der Waals surface area contributed by atoms with Gasteiger partial charge in [-0.2, -0.15) is 0 Å². The molecule has 4 nitrogen and oxygen atoms in total. The van der Waals surface area contributed by atoms with Gasteiger partial charge in [0.2, 0.25) is 0 Å². The maximum absolute atomic E-state index is 6.39. The Morgan fingerprint density at radius 3 is 1.02 bits per heavy atom. The van der Waals surface area contributed by atoms with Gasteiger partial charge in [0, 0.05) is 13.1 Å². The van der Waals surface area contributed by atoms with E-state index in [1.54, 1.807) is 0 Å². The Bertz CT molecular complexity index is 945. The summed E-state index contributed by atoms with van der Waals surface area (Å²) in [5.41, 5.74) is 5.08. The number of ether oxygens (including phenoxy) is 2. The predicted molar refractivity (Wildman–Crippen MR) is 219 cm³/mol. The van der Waals surface area contributed by atoms with Gasteiger partial charge in [-0.15, -0.1) is 0 Å². The van der Waals surface area contributed by atoms with Crippen molar-refractivity contribution in [3.8, 4) is 11.1 Å². The fourth-order valence-corrected chi connectivity index (χ4v) is 7.00. The van der Waals surface area contributed by atoms with Crippen LogP contribution in [0.4, 0.5) is 0 Å². The van der Waals surface area contributed by atoms with Gasteiger partial charge in [0.15, 0.2) is 0 Å². The Balaban J connectivity index is 1.89. The first-order valence-electron chi connectivity index (χ1n) is 21.5. The first-order chi connectivity index (χ1) is 24.7. The third-order valence-corrected chi connectivity index (χ3v) is 10.3. The highest BCUT2D eigenvalue weighted by molar-refractivity contribution is 5.70. The number of nitrogens with zero attached hydrogens (tertiary/aromatic N) is 2. The summed E-state index contributed by atoms with van der Waals surface area (Å²) in [5.74, 6) is 0. The molecule has 0 aliphatic heterocycles. The van der Waals surface area contributed by atoms with Gasteiger partial charge in [-0.1, -0.05) is 179 Å². The summed E-state index contributed by atoms with van der Waals surface area (Å²) >= 11 is 0. The molecule has 0 radical (unpaired) electrons.